The van der Waals surface area contributed by atoms with Crippen molar-refractivity contribution in [1.82, 2.24) is 0 Å². The molecule has 0 aromatic heterocycles. The minimum Gasteiger partial charge on any atom is -0.508 e. The van der Waals surface area contributed by atoms with Crippen molar-refractivity contribution in [3.8, 4) is 5.75 Å². The van der Waals surface area contributed by atoms with Crippen LogP contribution in [-0.2, 0) is 6.42 Å². The summed E-state index contributed by atoms with van der Waals surface area (Å²) in [6.45, 7) is 0. The van der Waals surface area contributed by atoms with E-state index >= 15 is 0 Å². The average Bonchev–Trinajstić information content (AvgIpc) is 2.75. The molecule has 68 valence electrons. The van der Waals surface area contributed by atoms with Crippen LogP contribution in [0.2, 0.25) is 0 Å². The van der Waals surface area contributed by atoms with Crippen molar-refractivity contribution in [2.75, 3.05) is 0 Å². The molecule has 2 aliphatic rings. The molecule has 1 fully saturated rings. The van der Waals surface area contributed by atoms with Crippen LogP contribution < -0.4 is 5.73 Å². The fraction of sp³-hybridized carbons (Fsp3) is 0.455. The second-order valence-corrected chi connectivity index (χ2v) is 4.37. The van der Waals surface area contributed by atoms with Crippen LogP contribution in [0.5, 0.6) is 5.75 Å². The molecule has 0 heterocycles. The summed E-state index contributed by atoms with van der Waals surface area (Å²) in [7, 11) is 0. The summed E-state index contributed by atoms with van der Waals surface area (Å²) in [6, 6.07) is 5.64. The van der Waals surface area contributed by atoms with E-state index in [1.807, 2.05) is 12.1 Å². The van der Waals surface area contributed by atoms with Crippen LogP contribution in [0.25, 0.3) is 0 Å². The average molecular weight is 175 g/mol. The van der Waals surface area contributed by atoms with Crippen molar-refractivity contribution < 1.29 is 5.11 Å². The fourth-order valence-corrected chi connectivity index (χ4v) is 2.31. The molecule has 0 radical (unpaired) electrons. The van der Waals surface area contributed by atoms with Gasteiger partial charge in [0.1, 0.15) is 5.75 Å². The van der Waals surface area contributed by atoms with Gasteiger partial charge in [-0.25, -0.2) is 0 Å². The standard InChI is InChI=1S/C11H13NO/c12-11(3-4-11)10-6-7-5-8(13)1-2-9(7)10/h1-2,5,10,13H,3-4,6,12H2. The number of hydrogen-bond acceptors (Lipinski definition) is 2. The maximum atomic E-state index is 9.24. The van der Waals surface area contributed by atoms with E-state index in [4.69, 9.17) is 5.73 Å². The third kappa shape index (κ3) is 0.923. The normalized spacial score (nSPS) is 27.6. The van der Waals surface area contributed by atoms with E-state index in [9.17, 15) is 5.11 Å². The third-order valence-corrected chi connectivity index (χ3v) is 3.45. The predicted octanol–water partition coefficient (Wildman–Crippen LogP) is 1.52. The van der Waals surface area contributed by atoms with Gasteiger partial charge in [0.2, 0.25) is 0 Å². The lowest BCUT2D eigenvalue weighted by atomic mass is 9.72. The van der Waals surface area contributed by atoms with E-state index in [0.717, 1.165) is 19.3 Å². The highest BCUT2D eigenvalue weighted by Crippen LogP contribution is 2.52. The zero-order valence-electron chi connectivity index (χ0n) is 7.46. The lowest BCUT2D eigenvalue weighted by Gasteiger charge is -2.35. The Balaban J connectivity index is 1.97. The van der Waals surface area contributed by atoms with Crippen molar-refractivity contribution in [2.24, 2.45) is 5.73 Å². The van der Waals surface area contributed by atoms with Gasteiger partial charge in [-0.3, -0.25) is 0 Å². The molecule has 0 saturated heterocycles. The van der Waals surface area contributed by atoms with Crippen molar-refractivity contribution in [2.45, 2.75) is 30.7 Å². The molecule has 2 heteroatoms. The maximum Gasteiger partial charge on any atom is 0.115 e. The SMILES string of the molecule is NC1(C2Cc3cc(O)ccc32)CC1. The molecule has 0 aliphatic heterocycles. The quantitative estimate of drug-likeness (QED) is 0.679. The molecule has 0 spiro atoms. The van der Waals surface area contributed by atoms with Crippen LogP contribution >= 0.6 is 0 Å². The summed E-state index contributed by atoms with van der Waals surface area (Å²) < 4.78 is 0. The lowest BCUT2D eigenvalue weighted by molar-refractivity contribution is 0.451. The molecule has 1 aromatic carbocycles. The molecule has 1 saturated carbocycles. The molecule has 0 bridgehead atoms. The van der Waals surface area contributed by atoms with Gasteiger partial charge in [0.25, 0.3) is 0 Å². The molecule has 1 aromatic rings. The molecule has 3 rings (SSSR count). The van der Waals surface area contributed by atoms with E-state index in [2.05, 4.69) is 0 Å². The zero-order chi connectivity index (χ0) is 9.05. The van der Waals surface area contributed by atoms with Crippen molar-refractivity contribution in [3.63, 3.8) is 0 Å². The van der Waals surface area contributed by atoms with Gasteiger partial charge in [-0.15, -0.1) is 0 Å². The highest BCUT2D eigenvalue weighted by molar-refractivity contribution is 5.47. The second-order valence-electron chi connectivity index (χ2n) is 4.37. The van der Waals surface area contributed by atoms with Gasteiger partial charge in [-0.05, 0) is 42.5 Å². The van der Waals surface area contributed by atoms with E-state index in [1.165, 1.54) is 11.1 Å². The van der Waals surface area contributed by atoms with Gasteiger partial charge in [-0.1, -0.05) is 6.07 Å². The van der Waals surface area contributed by atoms with Crippen LogP contribution in [0.4, 0.5) is 0 Å². The first kappa shape index (κ1) is 7.39. The molecular formula is C11H13NO. The van der Waals surface area contributed by atoms with Crippen LogP contribution in [0.1, 0.15) is 29.9 Å². The van der Waals surface area contributed by atoms with E-state index in [1.54, 1.807) is 6.07 Å². The number of rotatable bonds is 1. The topological polar surface area (TPSA) is 46.2 Å². The van der Waals surface area contributed by atoms with Crippen LogP contribution in [0, 0.1) is 0 Å². The Morgan fingerprint density at radius 2 is 2.15 bits per heavy atom. The van der Waals surface area contributed by atoms with Gasteiger partial charge >= 0.3 is 0 Å². The molecular weight excluding hydrogens is 162 g/mol. The number of hydrogen-bond donors (Lipinski definition) is 2. The van der Waals surface area contributed by atoms with Crippen molar-refractivity contribution in [1.29, 1.82) is 0 Å². The molecule has 1 unspecified atom stereocenters. The first-order chi connectivity index (χ1) is 6.19. The van der Waals surface area contributed by atoms with E-state index < -0.39 is 0 Å². The molecule has 2 aliphatic carbocycles. The summed E-state index contributed by atoms with van der Waals surface area (Å²) in [5.74, 6) is 0.933. The summed E-state index contributed by atoms with van der Waals surface area (Å²) in [6.07, 6.45) is 3.39. The highest BCUT2D eigenvalue weighted by atomic mass is 16.3. The number of aromatic hydroxyl groups is 1. The Kier molecular flexibility index (Phi) is 1.18. The summed E-state index contributed by atoms with van der Waals surface area (Å²) in [5.41, 5.74) is 8.88. The van der Waals surface area contributed by atoms with Crippen LogP contribution in [0.3, 0.4) is 0 Å². The number of benzene rings is 1. The zero-order valence-corrected chi connectivity index (χ0v) is 7.46. The number of fused-ring (bicyclic) bond motifs is 1. The van der Waals surface area contributed by atoms with Crippen LogP contribution in [-0.4, -0.2) is 10.6 Å². The number of phenolic OH excluding ortho intramolecular Hbond substituents is 1. The fourth-order valence-electron chi connectivity index (χ4n) is 2.31. The molecule has 0 amide bonds. The third-order valence-electron chi connectivity index (χ3n) is 3.45. The molecule has 3 N–H and O–H groups in total. The van der Waals surface area contributed by atoms with Crippen molar-refractivity contribution in [3.05, 3.63) is 29.3 Å². The van der Waals surface area contributed by atoms with E-state index in [0.29, 0.717) is 11.7 Å². The Bertz CT molecular complexity index is 368. The predicted molar refractivity (Wildman–Crippen MR) is 50.7 cm³/mol. The largest absolute Gasteiger partial charge is 0.508 e. The highest BCUT2D eigenvalue weighted by Gasteiger charge is 2.50. The van der Waals surface area contributed by atoms with Crippen LogP contribution in [0.15, 0.2) is 18.2 Å². The van der Waals surface area contributed by atoms with E-state index in [-0.39, 0.29) is 5.54 Å². The van der Waals surface area contributed by atoms with Gasteiger partial charge in [-0.2, -0.15) is 0 Å². The summed E-state index contributed by atoms with van der Waals surface area (Å²) in [5, 5.41) is 9.24. The minimum atomic E-state index is 0.101. The van der Waals surface area contributed by atoms with Crippen molar-refractivity contribution >= 4 is 0 Å². The Labute approximate surface area is 77.4 Å². The van der Waals surface area contributed by atoms with Gasteiger partial charge in [0.05, 0.1) is 0 Å². The molecule has 2 nitrogen and oxygen atoms in total. The maximum absolute atomic E-state index is 9.24. The smallest absolute Gasteiger partial charge is 0.115 e. The number of phenols is 1. The summed E-state index contributed by atoms with van der Waals surface area (Å²) >= 11 is 0. The van der Waals surface area contributed by atoms with Gasteiger partial charge < -0.3 is 10.8 Å². The first-order valence-corrected chi connectivity index (χ1v) is 4.80. The van der Waals surface area contributed by atoms with Gasteiger partial charge in [0, 0.05) is 11.5 Å². The monoisotopic (exact) mass is 175 g/mol. The molecule has 13 heavy (non-hydrogen) atoms. The minimum absolute atomic E-state index is 0.101. The Morgan fingerprint density at radius 1 is 1.38 bits per heavy atom. The number of nitrogens with two attached hydrogens (primary N) is 1. The first-order valence-electron chi connectivity index (χ1n) is 4.80. The Morgan fingerprint density at radius 3 is 2.77 bits per heavy atom. The second kappa shape index (κ2) is 2.07. The summed E-state index contributed by atoms with van der Waals surface area (Å²) in [4.78, 5) is 0. The molecule has 1 atom stereocenters. The van der Waals surface area contributed by atoms with Gasteiger partial charge in [0.15, 0.2) is 0 Å². The lowest BCUT2D eigenvalue weighted by Crippen LogP contribution is -2.37. The Hall–Kier alpha value is -1.02.